The number of rotatable bonds is 7. The number of benzene rings is 2. The van der Waals surface area contributed by atoms with Gasteiger partial charge in [0.1, 0.15) is 5.75 Å². The average molecular weight is 425 g/mol. The van der Waals surface area contributed by atoms with Gasteiger partial charge in [0.25, 0.3) is 0 Å². The molecule has 0 bridgehead atoms. The molecule has 0 amide bonds. The number of nitrogens with zero attached hydrogens (tertiary/aromatic N) is 1. The predicted octanol–water partition coefficient (Wildman–Crippen LogP) is 2.35. The number of hydrogen-bond acceptors (Lipinski definition) is 5. The molecule has 1 fully saturated rings. The first-order valence-corrected chi connectivity index (χ1v) is 12.0. The molecule has 2 aromatic rings. The quantitative estimate of drug-likeness (QED) is 0.737. The highest BCUT2D eigenvalue weighted by Crippen LogP contribution is 2.22. The lowest BCUT2D eigenvalue weighted by Crippen LogP contribution is -2.35. The van der Waals surface area contributed by atoms with Crippen LogP contribution in [0.5, 0.6) is 5.75 Å². The Morgan fingerprint density at radius 2 is 1.50 bits per heavy atom. The maximum absolute atomic E-state index is 12.7. The zero-order valence-corrected chi connectivity index (χ0v) is 17.3. The molecule has 2 aromatic carbocycles. The van der Waals surface area contributed by atoms with Crippen LogP contribution in [0.15, 0.2) is 58.3 Å². The van der Waals surface area contributed by atoms with E-state index in [2.05, 4.69) is 4.72 Å². The minimum absolute atomic E-state index is 0.0139. The molecule has 0 saturated carbocycles. The second kappa shape index (κ2) is 8.60. The van der Waals surface area contributed by atoms with Gasteiger partial charge in [0.2, 0.25) is 20.0 Å². The fourth-order valence-electron chi connectivity index (χ4n) is 3.15. The summed E-state index contributed by atoms with van der Waals surface area (Å²) in [7, 11) is -5.85. The predicted molar refractivity (Wildman–Crippen MR) is 106 cm³/mol. The minimum atomic E-state index is -3.78. The Bertz CT molecular complexity index is 1010. The molecular formula is C19H24N2O5S2. The Hall–Kier alpha value is -1.94. The summed E-state index contributed by atoms with van der Waals surface area (Å²) in [4.78, 5) is 0.123. The summed E-state index contributed by atoms with van der Waals surface area (Å²) in [6.45, 7) is 1.08. The number of sulfonamides is 2. The third-order valence-electron chi connectivity index (χ3n) is 4.73. The third kappa shape index (κ3) is 4.54. The number of para-hydroxylation sites is 1. The van der Waals surface area contributed by atoms with Gasteiger partial charge in [-0.05, 0) is 43.2 Å². The minimum Gasteiger partial charge on any atom is -0.496 e. The van der Waals surface area contributed by atoms with E-state index in [1.165, 1.54) is 35.7 Å². The number of ether oxygens (including phenoxy) is 1. The largest absolute Gasteiger partial charge is 0.496 e. The standard InChI is InChI=1S/C19H24N2O5S2/c1-26-19-8-4-3-7-16(19)15-20-27(22,23)17-9-11-18(12-10-17)28(24,25)21-13-5-2-6-14-21/h3-4,7-12,20H,2,5-6,13-15H2,1H3. The Labute approximate surface area is 166 Å². The Kier molecular flexibility index (Phi) is 6.39. The molecule has 0 aliphatic carbocycles. The highest BCUT2D eigenvalue weighted by Gasteiger charge is 2.26. The SMILES string of the molecule is COc1ccccc1CNS(=O)(=O)c1ccc(S(=O)(=O)N2CCCCC2)cc1. The summed E-state index contributed by atoms with van der Waals surface area (Å²) >= 11 is 0. The van der Waals surface area contributed by atoms with Crippen LogP contribution in [0, 0.1) is 0 Å². The molecule has 0 unspecified atom stereocenters. The molecule has 0 spiro atoms. The van der Waals surface area contributed by atoms with Gasteiger partial charge >= 0.3 is 0 Å². The van der Waals surface area contributed by atoms with E-state index in [-0.39, 0.29) is 16.3 Å². The highest BCUT2D eigenvalue weighted by atomic mass is 32.2. The summed E-state index contributed by atoms with van der Waals surface area (Å²) in [5.41, 5.74) is 0.706. The van der Waals surface area contributed by atoms with E-state index in [0.29, 0.717) is 24.4 Å². The molecule has 1 aliphatic heterocycles. The average Bonchev–Trinajstić information content (AvgIpc) is 2.73. The molecule has 0 aromatic heterocycles. The van der Waals surface area contributed by atoms with Crippen molar-refractivity contribution < 1.29 is 21.6 Å². The Balaban J connectivity index is 1.74. The lowest BCUT2D eigenvalue weighted by atomic mass is 10.2. The van der Waals surface area contributed by atoms with Crippen LogP contribution in [0.3, 0.4) is 0 Å². The molecule has 152 valence electrons. The Morgan fingerprint density at radius 3 is 2.14 bits per heavy atom. The van der Waals surface area contributed by atoms with Crippen LogP contribution < -0.4 is 9.46 Å². The fourth-order valence-corrected chi connectivity index (χ4v) is 5.67. The van der Waals surface area contributed by atoms with E-state index in [1.54, 1.807) is 24.3 Å². The van der Waals surface area contributed by atoms with Gasteiger partial charge in [-0.2, -0.15) is 4.31 Å². The number of piperidine rings is 1. The van der Waals surface area contributed by atoms with Crippen molar-refractivity contribution in [2.75, 3.05) is 20.2 Å². The number of hydrogen-bond donors (Lipinski definition) is 1. The Morgan fingerprint density at radius 1 is 0.893 bits per heavy atom. The van der Waals surface area contributed by atoms with Crippen molar-refractivity contribution in [2.45, 2.75) is 35.6 Å². The van der Waals surface area contributed by atoms with Crippen LogP contribution in [0.1, 0.15) is 24.8 Å². The summed E-state index contributed by atoms with van der Waals surface area (Å²) < 4.78 is 59.7. The molecule has 1 saturated heterocycles. The molecular weight excluding hydrogens is 400 g/mol. The van der Waals surface area contributed by atoms with Gasteiger partial charge in [-0.1, -0.05) is 24.6 Å². The van der Waals surface area contributed by atoms with E-state index < -0.39 is 20.0 Å². The van der Waals surface area contributed by atoms with E-state index in [1.807, 2.05) is 0 Å². The van der Waals surface area contributed by atoms with Crippen molar-refractivity contribution in [2.24, 2.45) is 0 Å². The van der Waals surface area contributed by atoms with Gasteiger partial charge in [0.15, 0.2) is 0 Å². The topological polar surface area (TPSA) is 92.8 Å². The molecule has 9 heteroatoms. The molecule has 1 aliphatic rings. The number of nitrogens with one attached hydrogen (secondary N) is 1. The van der Waals surface area contributed by atoms with E-state index in [4.69, 9.17) is 4.74 Å². The lowest BCUT2D eigenvalue weighted by Gasteiger charge is -2.25. The first kappa shape index (κ1) is 20.8. The molecule has 0 radical (unpaired) electrons. The third-order valence-corrected chi connectivity index (χ3v) is 8.06. The first-order valence-electron chi connectivity index (χ1n) is 9.06. The van der Waals surface area contributed by atoms with Gasteiger partial charge in [-0.3, -0.25) is 0 Å². The van der Waals surface area contributed by atoms with Crippen LogP contribution in [-0.4, -0.2) is 41.3 Å². The van der Waals surface area contributed by atoms with Crippen molar-refractivity contribution in [3.63, 3.8) is 0 Å². The van der Waals surface area contributed by atoms with Gasteiger partial charge < -0.3 is 4.74 Å². The van der Waals surface area contributed by atoms with E-state index in [9.17, 15) is 16.8 Å². The van der Waals surface area contributed by atoms with Crippen molar-refractivity contribution in [3.8, 4) is 5.75 Å². The van der Waals surface area contributed by atoms with Crippen molar-refractivity contribution in [3.05, 3.63) is 54.1 Å². The summed E-state index contributed by atoms with van der Waals surface area (Å²) in [6.07, 6.45) is 2.72. The molecule has 1 heterocycles. The molecule has 0 atom stereocenters. The lowest BCUT2D eigenvalue weighted by molar-refractivity contribution is 0.346. The summed E-state index contributed by atoms with van der Waals surface area (Å²) in [5.74, 6) is 0.591. The summed E-state index contributed by atoms with van der Waals surface area (Å²) in [5, 5.41) is 0. The van der Waals surface area contributed by atoms with E-state index >= 15 is 0 Å². The van der Waals surface area contributed by atoms with Gasteiger partial charge in [0, 0.05) is 25.2 Å². The maximum atomic E-state index is 12.7. The number of methoxy groups -OCH3 is 1. The second-order valence-electron chi connectivity index (χ2n) is 6.57. The van der Waals surface area contributed by atoms with E-state index in [0.717, 1.165) is 19.3 Å². The van der Waals surface area contributed by atoms with Crippen molar-refractivity contribution in [1.29, 1.82) is 0 Å². The van der Waals surface area contributed by atoms with Crippen molar-refractivity contribution >= 4 is 20.0 Å². The van der Waals surface area contributed by atoms with Crippen LogP contribution in [0.25, 0.3) is 0 Å². The highest BCUT2D eigenvalue weighted by molar-refractivity contribution is 7.89. The summed E-state index contributed by atoms with van der Waals surface area (Å²) in [6, 6.07) is 12.5. The van der Waals surface area contributed by atoms with Crippen LogP contribution in [-0.2, 0) is 26.6 Å². The smallest absolute Gasteiger partial charge is 0.243 e. The van der Waals surface area contributed by atoms with Crippen LogP contribution in [0.2, 0.25) is 0 Å². The maximum Gasteiger partial charge on any atom is 0.243 e. The molecule has 7 nitrogen and oxygen atoms in total. The van der Waals surface area contributed by atoms with Crippen molar-refractivity contribution in [1.82, 2.24) is 9.03 Å². The van der Waals surface area contributed by atoms with Gasteiger partial charge in [0.05, 0.1) is 16.9 Å². The zero-order chi connectivity index (χ0) is 20.2. The molecule has 1 N–H and O–H groups in total. The normalized spacial score (nSPS) is 16.0. The van der Waals surface area contributed by atoms with Gasteiger partial charge in [-0.25, -0.2) is 21.6 Å². The second-order valence-corrected chi connectivity index (χ2v) is 10.3. The van der Waals surface area contributed by atoms with Crippen LogP contribution >= 0.6 is 0 Å². The molecule has 28 heavy (non-hydrogen) atoms. The van der Waals surface area contributed by atoms with Gasteiger partial charge in [-0.15, -0.1) is 0 Å². The monoisotopic (exact) mass is 424 g/mol. The zero-order valence-electron chi connectivity index (χ0n) is 15.7. The fraction of sp³-hybridized carbons (Fsp3) is 0.368. The van der Waals surface area contributed by atoms with Crippen LogP contribution in [0.4, 0.5) is 0 Å². The first-order chi connectivity index (χ1) is 13.3. The molecule has 3 rings (SSSR count).